The fourth-order valence-electron chi connectivity index (χ4n) is 3.20. The van der Waals surface area contributed by atoms with E-state index in [1.54, 1.807) is 0 Å². The molecule has 0 radical (unpaired) electrons. The average molecular weight is 331 g/mol. The SMILES string of the molecule is N#Cc1cn(-c2ccc(C(=O)N3CCOCC3)cc2)c2ccccc12. The molecule has 1 fully saturated rings. The van der Waals surface area contributed by atoms with Crippen LogP contribution in [0.5, 0.6) is 0 Å². The number of rotatable bonds is 2. The quantitative estimate of drug-likeness (QED) is 0.725. The zero-order valence-corrected chi connectivity index (χ0v) is 13.7. The van der Waals surface area contributed by atoms with Crippen LogP contribution in [-0.2, 0) is 4.74 Å². The number of ether oxygens (including phenoxy) is 1. The highest BCUT2D eigenvalue weighted by molar-refractivity contribution is 5.94. The number of hydrogen-bond acceptors (Lipinski definition) is 3. The zero-order chi connectivity index (χ0) is 17.2. The van der Waals surface area contributed by atoms with Gasteiger partial charge >= 0.3 is 0 Å². The van der Waals surface area contributed by atoms with Crippen LogP contribution in [0.15, 0.2) is 54.7 Å². The fraction of sp³-hybridized carbons (Fsp3) is 0.200. The number of carbonyl (C=O) groups excluding carboxylic acids is 1. The number of morpholine rings is 1. The predicted molar refractivity (Wildman–Crippen MR) is 94.7 cm³/mol. The second-order valence-corrected chi connectivity index (χ2v) is 5.99. The number of fused-ring (bicyclic) bond motifs is 1. The summed E-state index contributed by atoms with van der Waals surface area (Å²) in [4.78, 5) is 14.3. The van der Waals surface area contributed by atoms with E-state index in [9.17, 15) is 10.1 Å². The van der Waals surface area contributed by atoms with Crippen molar-refractivity contribution in [2.45, 2.75) is 0 Å². The summed E-state index contributed by atoms with van der Waals surface area (Å²) < 4.78 is 7.28. The van der Waals surface area contributed by atoms with Crippen LogP contribution in [-0.4, -0.2) is 41.7 Å². The second kappa shape index (κ2) is 6.42. The van der Waals surface area contributed by atoms with Crippen LogP contribution >= 0.6 is 0 Å². The molecule has 3 aromatic rings. The summed E-state index contributed by atoms with van der Waals surface area (Å²) in [6.45, 7) is 2.45. The second-order valence-electron chi connectivity index (χ2n) is 5.99. The third-order valence-corrected chi connectivity index (χ3v) is 4.52. The number of hydrogen-bond donors (Lipinski definition) is 0. The van der Waals surface area contributed by atoms with E-state index in [1.807, 2.05) is 64.2 Å². The van der Waals surface area contributed by atoms with Gasteiger partial charge in [0.05, 0.1) is 24.3 Å². The van der Waals surface area contributed by atoms with Crippen LogP contribution in [0.25, 0.3) is 16.6 Å². The summed E-state index contributed by atoms with van der Waals surface area (Å²) in [6, 6.07) is 17.6. The van der Waals surface area contributed by atoms with E-state index in [2.05, 4.69) is 6.07 Å². The highest BCUT2D eigenvalue weighted by Crippen LogP contribution is 2.24. The van der Waals surface area contributed by atoms with Crippen molar-refractivity contribution in [1.82, 2.24) is 9.47 Å². The molecule has 25 heavy (non-hydrogen) atoms. The molecule has 0 spiro atoms. The Hall–Kier alpha value is -3.10. The molecule has 1 amide bonds. The molecule has 1 aliphatic rings. The molecule has 5 heteroatoms. The number of carbonyl (C=O) groups is 1. The molecular formula is C20H17N3O2. The Morgan fingerprint density at radius 1 is 1.04 bits per heavy atom. The molecule has 1 saturated heterocycles. The van der Waals surface area contributed by atoms with E-state index in [1.165, 1.54) is 0 Å². The molecule has 2 heterocycles. The lowest BCUT2D eigenvalue weighted by atomic mass is 10.1. The number of benzene rings is 2. The minimum Gasteiger partial charge on any atom is -0.378 e. The lowest BCUT2D eigenvalue weighted by Crippen LogP contribution is -2.40. The molecule has 0 atom stereocenters. The molecular weight excluding hydrogens is 314 g/mol. The topological polar surface area (TPSA) is 58.3 Å². The average Bonchev–Trinajstić information content (AvgIpc) is 3.07. The summed E-state index contributed by atoms with van der Waals surface area (Å²) in [5.41, 5.74) is 3.22. The zero-order valence-electron chi connectivity index (χ0n) is 13.7. The van der Waals surface area contributed by atoms with Crippen molar-refractivity contribution in [3.05, 3.63) is 65.9 Å². The molecule has 5 nitrogen and oxygen atoms in total. The van der Waals surface area contributed by atoms with Crippen molar-refractivity contribution in [1.29, 1.82) is 5.26 Å². The van der Waals surface area contributed by atoms with Crippen molar-refractivity contribution in [3.63, 3.8) is 0 Å². The van der Waals surface area contributed by atoms with E-state index < -0.39 is 0 Å². The normalized spacial score (nSPS) is 14.4. The highest BCUT2D eigenvalue weighted by atomic mass is 16.5. The lowest BCUT2D eigenvalue weighted by molar-refractivity contribution is 0.0303. The van der Waals surface area contributed by atoms with Crippen molar-refractivity contribution < 1.29 is 9.53 Å². The third kappa shape index (κ3) is 2.77. The van der Waals surface area contributed by atoms with Gasteiger partial charge in [0.2, 0.25) is 0 Å². The first-order valence-electron chi connectivity index (χ1n) is 8.25. The van der Waals surface area contributed by atoms with Crippen molar-refractivity contribution in [3.8, 4) is 11.8 Å². The molecule has 1 aliphatic heterocycles. The Labute approximate surface area is 145 Å². The Kier molecular flexibility index (Phi) is 3.96. The van der Waals surface area contributed by atoms with E-state index in [-0.39, 0.29) is 5.91 Å². The van der Waals surface area contributed by atoms with Gasteiger partial charge in [0.25, 0.3) is 5.91 Å². The minimum absolute atomic E-state index is 0.0323. The van der Waals surface area contributed by atoms with Crippen LogP contribution in [0.1, 0.15) is 15.9 Å². The Morgan fingerprint density at radius 3 is 2.48 bits per heavy atom. The van der Waals surface area contributed by atoms with E-state index >= 15 is 0 Å². The van der Waals surface area contributed by atoms with E-state index in [0.717, 1.165) is 16.6 Å². The van der Waals surface area contributed by atoms with Crippen LogP contribution in [0.3, 0.4) is 0 Å². The van der Waals surface area contributed by atoms with Gasteiger partial charge in [-0.2, -0.15) is 5.26 Å². The molecule has 2 aromatic carbocycles. The summed E-state index contributed by atoms with van der Waals surface area (Å²) in [5, 5.41) is 10.3. The smallest absolute Gasteiger partial charge is 0.254 e. The number of aromatic nitrogens is 1. The molecule has 0 saturated carbocycles. The van der Waals surface area contributed by atoms with Gasteiger partial charge in [-0.1, -0.05) is 18.2 Å². The maximum atomic E-state index is 12.5. The summed E-state index contributed by atoms with van der Waals surface area (Å²) in [7, 11) is 0. The van der Waals surface area contributed by atoms with Gasteiger partial charge in [0.1, 0.15) is 6.07 Å². The van der Waals surface area contributed by atoms with Crippen LogP contribution < -0.4 is 0 Å². The first-order valence-corrected chi connectivity index (χ1v) is 8.25. The Bertz CT molecular complexity index is 961. The Morgan fingerprint density at radius 2 is 1.76 bits per heavy atom. The van der Waals surface area contributed by atoms with E-state index in [4.69, 9.17) is 4.74 Å². The maximum absolute atomic E-state index is 12.5. The number of amides is 1. The van der Waals surface area contributed by atoms with Gasteiger partial charge in [0, 0.05) is 35.9 Å². The molecule has 0 bridgehead atoms. The number of nitrogens with zero attached hydrogens (tertiary/aromatic N) is 3. The first kappa shape index (κ1) is 15.4. The van der Waals surface area contributed by atoms with Crippen LogP contribution in [0.4, 0.5) is 0 Å². The van der Waals surface area contributed by atoms with Gasteiger partial charge in [-0.3, -0.25) is 4.79 Å². The van der Waals surface area contributed by atoms with E-state index in [0.29, 0.717) is 37.4 Å². The molecule has 124 valence electrons. The molecule has 0 N–H and O–H groups in total. The van der Waals surface area contributed by atoms with Gasteiger partial charge in [-0.05, 0) is 30.3 Å². The summed E-state index contributed by atoms with van der Waals surface area (Å²) >= 11 is 0. The first-order chi connectivity index (χ1) is 12.3. The van der Waals surface area contributed by atoms with Gasteiger partial charge in [-0.15, -0.1) is 0 Å². The number of para-hydroxylation sites is 1. The third-order valence-electron chi connectivity index (χ3n) is 4.52. The summed E-state index contributed by atoms with van der Waals surface area (Å²) in [6.07, 6.45) is 1.84. The standard InChI is InChI=1S/C20H17N3O2/c21-13-16-14-23(19-4-2-1-3-18(16)19)17-7-5-15(6-8-17)20(24)22-9-11-25-12-10-22/h1-8,14H,9-12H2. The molecule has 4 rings (SSSR count). The highest BCUT2D eigenvalue weighted by Gasteiger charge is 2.18. The number of nitriles is 1. The van der Waals surface area contributed by atoms with Gasteiger partial charge < -0.3 is 14.2 Å². The molecule has 0 aliphatic carbocycles. The summed E-state index contributed by atoms with van der Waals surface area (Å²) in [5.74, 6) is 0.0323. The maximum Gasteiger partial charge on any atom is 0.254 e. The molecule has 1 aromatic heterocycles. The van der Waals surface area contributed by atoms with Crippen LogP contribution in [0, 0.1) is 11.3 Å². The fourth-order valence-corrected chi connectivity index (χ4v) is 3.20. The van der Waals surface area contributed by atoms with Crippen molar-refractivity contribution in [2.24, 2.45) is 0 Å². The Balaban J connectivity index is 1.67. The lowest BCUT2D eigenvalue weighted by Gasteiger charge is -2.26. The van der Waals surface area contributed by atoms with Crippen molar-refractivity contribution >= 4 is 16.8 Å². The predicted octanol–water partition coefficient (Wildman–Crippen LogP) is 2.97. The minimum atomic E-state index is 0.0323. The largest absolute Gasteiger partial charge is 0.378 e. The van der Waals surface area contributed by atoms with Gasteiger partial charge in [0.15, 0.2) is 0 Å². The monoisotopic (exact) mass is 331 g/mol. The van der Waals surface area contributed by atoms with Crippen LogP contribution in [0.2, 0.25) is 0 Å². The van der Waals surface area contributed by atoms with Crippen molar-refractivity contribution in [2.75, 3.05) is 26.3 Å². The van der Waals surface area contributed by atoms with Gasteiger partial charge in [-0.25, -0.2) is 0 Å². The molecule has 0 unspecified atom stereocenters.